The van der Waals surface area contributed by atoms with E-state index in [9.17, 15) is 8.78 Å². The zero-order valence-corrected chi connectivity index (χ0v) is 8.84. The molecule has 0 saturated carbocycles. The normalized spacial score (nSPS) is 10.2. The molecule has 0 aliphatic rings. The quantitative estimate of drug-likeness (QED) is 0.747. The summed E-state index contributed by atoms with van der Waals surface area (Å²) in [4.78, 5) is 3.53. The van der Waals surface area contributed by atoms with Crippen molar-refractivity contribution in [3.8, 4) is 6.07 Å². The Bertz CT molecular complexity index is 371. The van der Waals surface area contributed by atoms with Gasteiger partial charge in [-0.05, 0) is 41.1 Å². The largest absolute Gasteiger partial charge is 0.280 e. The van der Waals surface area contributed by atoms with E-state index in [1.807, 2.05) is 22.6 Å². The van der Waals surface area contributed by atoms with Gasteiger partial charge in [0.1, 0.15) is 11.8 Å². The van der Waals surface area contributed by atoms with Crippen molar-refractivity contribution < 1.29 is 8.78 Å². The van der Waals surface area contributed by atoms with Gasteiger partial charge in [-0.2, -0.15) is 5.26 Å². The fourth-order valence-corrected chi connectivity index (χ4v) is 1.27. The van der Waals surface area contributed by atoms with Crippen LogP contribution in [-0.4, -0.2) is 4.98 Å². The third-order valence-electron chi connectivity index (χ3n) is 1.49. The first-order valence-electron chi connectivity index (χ1n) is 3.41. The Labute approximate surface area is 87.7 Å². The molecule has 1 rings (SSSR count). The highest BCUT2D eigenvalue weighted by Crippen LogP contribution is 2.22. The van der Waals surface area contributed by atoms with Gasteiger partial charge in [-0.25, -0.2) is 13.8 Å². The highest BCUT2D eigenvalue weighted by atomic mass is 127. The molecule has 0 spiro atoms. The average molecular weight is 294 g/mol. The van der Waals surface area contributed by atoms with E-state index >= 15 is 0 Å². The van der Waals surface area contributed by atoms with Gasteiger partial charge in [0, 0.05) is 0 Å². The van der Waals surface area contributed by atoms with Crippen LogP contribution in [0.25, 0.3) is 0 Å². The standard InChI is InChI=1S/C8H5F2IN2/c1-4-2-5(8(9)10)13-6(3-12)7(4)11/h2,8H,1H3. The molecule has 0 amide bonds. The molecule has 0 bridgehead atoms. The Morgan fingerprint density at radius 3 is 2.69 bits per heavy atom. The fourth-order valence-electron chi connectivity index (χ4n) is 0.868. The predicted octanol–water partition coefficient (Wildman–Crippen LogP) is 2.80. The number of alkyl halides is 2. The number of nitriles is 1. The van der Waals surface area contributed by atoms with Crippen LogP contribution in [0.2, 0.25) is 0 Å². The predicted molar refractivity (Wildman–Crippen MR) is 51.4 cm³/mol. The van der Waals surface area contributed by atoms with Gasteiger partial charge < -0.3 is 0 Å². The SMILES string of the molecule is Cc1cc(C(F)F)nc(C#N)c1I. The highest BCUT2D eigenvalue weighted by Gasteiger charge is 2.13. The van der Waals surface area contributed by atoms with Crippen molar-refractivity contribution >= 4 is 22.6 Å². The van der Waals surface area contributed by atoms with Gasteiger partial charge in [0.15, 0.2) is 5.69 Å². The Kier molecular flexibility index (Phi) is 3.14. The molecule has 0 aliphatic heterocycles. The lowest BCUT2D eigenvalue weighted by Crippen LogP contribution is -1.98. The summed E-state index contributed by atoms with van der Waals surface area (Å²) in [5.74, 6) is 0. The highest BCUT2D eigenvalue weighted by molar-refractivity contribution is 14.1. The number of aromatic nitrogens is 1. The molecule has 0 aliphatic carbocycles. The van der Waals surface area contributed by atoms with E-state index in [4.69, 9.17) is 5.26 Å². The van der Waals surface area contributed by atoms with E-state index in [-0.39, 0.29) is 11.4 Å². The molecule has 2 nitrogen and oxygen atoms in total. The van der Waals surface area contributed by atoms with Crippen LogP contribution < -0.4 is 0 Å². The van der Waals surface area contributed by atoms with Crippen LogP contribution >= 0.6 is 22.6 Å². The molecule has 5 heteroatoms. The zero-order chi connectivity index (χ0) is 10.0. The fraction of sp³-hybridized carbons (Fsp3) is 0.250. The number of pyridine rings is 1. The second kappa shape index (κ2) is 3.96. The second-order valence-corrected chi connectivity index (χ2v) is 3.52. The van der Waals surface area contributed by atoms with Gasteiger partial charge in [-0.15, -0.1) is 0 Å². The van der Waals surface area contributed by atoms with Crippen LogP contribution in [0.4, 0.5) is 8.78 Å². The maximum absolute atomic E-state index is 12.2. The molecule has 1 aromatic rings. The third-order valence-corrected chi connectivity index (χ3v) is 2.85. The Morgan fingerprint density at radius 2 is 2.23 bits per heavy atom. The van der Waals surface area contributed by atoms with Gasteiger partial charge in [-0.1, -0.05) is 0 Å². The number of halogens is 3. The van der Waals surface area contributed by atoms with Crippen molar-refractivity contribution in [3.63, 3.8) is 0 Å². The molecule has 1 aromatic heterocycles. The second-order valence-electron chi connectivity index (χ2n) is 2.44. The number of hydrogen-bond acceptors (Lipinski definition) is 2. The molecule has 0 unspecified atom stereocenters. The van der Waals surface area contributed by atoms with E-state index in [1.165, 1.54) is 6.07 Å². The minimum absolute atomic E-state index is 0.0656. The Hall–Kier alpha value is -0.770. The van der Waals surface area contributed by atoms with E-state index in [2.05, 4.69) is 4.98 Å². The van der Waals surface area contributed by atoms with Crippen molar-refractivity contribution in [2.24, 2.45) is 0 Å². The number of nitrogens with zero attached hydrogens (tertiary/aromatic N) is 2. The van der Waals surface area contributed by atoms with Gasteiger partial charge in [0.25, 0.3) is 6.43 Å². The molecule has 0 atom stereocenters. The van der Waals surface area contributed by atoms with Gasteiger partial charge in [0.2, 0.25) is 0 Å². The Balaban J connectivity index is 3.32. The van der Waals surface area contributed by atoms with E-state index in [1.54, 1.807) is 13.0 Å². The third kappa shape index (κ3) is 2.12. The molecule has 0 aromatic carbocycles. The van der Waals surface area contributed by atoms with Gasteiger partial charge >= 0.3 is 0 Å². The summed E-state index contributed by atoms with van der Waals surface area (Å²) in [6.07, 6.45) is -2.62. The molecule has 0 fully saturated rings. The summed E-state index contributed by atoms with van der Waals surface area (Å²) in [5.41, 5.74) is 0.382. The zero-order valence-electron chi connectivity index (χ0n) is 6.68. The molecule has 68 valence electrons. The van der Waals surface area contributed by atoms with Crippen molar-refractivity contribution in [2.75, 3.05) is 0 Å². The maximum atomic E-state index is 12.2. The summed E-state index contributed by atoms with van der Waals surface area (Å²) < 4.78 is 25.1. The van der Waals surface area contributed by atoms with Crippen LogP contribution in [0.3, 0.4) is 0 Å². The number of hydrogen-bond donors (Lipinski definition) is 0. The van der Waals surface area contributed by atoms with Crippen LogP contribution in [0.5, 0.6) is 0 Å². The average Bonchev–Trinajstić information content (AvgIpc) is 2.09. The topological polar surface area (TPSA) is 36.7 Å². The number of rotatable bonds is 1. The van der Waals surface area contributed by atoms with Crippen molar-refractivity contribution in [3.05, 3.63) is 26.6 Å². The molecule has 0 radical (unpaired) electrons. The van der Waals surface area contributed by atoms with Crippen molar-refractivity contribution in [2.45, 2.75) is 13.3 Å². The first-order chi connectivity index (χ1) is 6.06. The number of aryl methyl sites for hydroxylation is 1. The lowest BCUT2D eigenvalue weighted by molar-refractivity contribution is 0.146. The van der Waals surface area contributed by atoms with E-state index in [0.29, 0.717) is 9.13 Å². The summed E-state index contributed by atoms with van der Waals surface area (Å²) in [6, 6.07) is 3.08. The van der Waals surface area contributed by atoms with Crippen LogP contribution in [0.1, 0.15) is 23.4 Å². The molecular weight excluding hydrogens is 289 g/mol. The lowest BCUT2D eigenvalue weighted by Gasteiger charge is -2.03. The maximum Gasteiger partial charge on any atom is 0.280 e. The molecule has 0 saturated heterocycles. The molecule has 0 N–H and O–H groups in total. The summed E-state index contributed by atoms with van der Waals surface area (Å²) in [6.45, 7) is 1.68. The van der Waals surface area contributed by atoms with Crippen LogP contribution in [-0.2, 0) is 0 Å². The summed E-state index contributed by atoms with van der Waals surface area (Å²) in [7, 11) is 0. The van der Waals surface area contributed by atoms with Crippen molar-refractivity contribution in [1.82, 2.24) is 4.98 Å². The summed E-state index contributed by atoms with van der Waals surface area (Å²) >= 11 is 1.92. The lowest BCUT2D eigenvalue weighted by atomic mass is 10.2. The van der Waals surface area contributed by atoms with Gasteiger partial charge in [0.05, 0.1) is 3.57 Å². The van der Waals surface area contributed by atoms with Crippen LogP contribution in [0.15, 0.2) is 6.07 Å². The van der Waals surface area contributed by atoms with E-state index in [0.717, 1.165) is 0 Å². The first-order valence-corrected chi connectivity index (χ1v) is 4.49. The van der Waals surface area contributed by atoms with Crippen LogP contribution in [0, 0.1) is 21.8 Å². The Morgan fingerprint density at radius 1 is 1.62 bits per heavy atom. The minimum atomic E-state index is -2.62. The molecular formula is C8H5F2IN2. The molecule has 1 heterocycles. The molecule has 13 heavy (non-hydrogen) atoms. The monoisotopic (exact) mass is 294 g/mol. The van der Waals surface area contributed by atoms with Crippen molar-refractivity contribution in [1.29, 1.82) is 5.26 Å². The van der Waals surface area contributed by atoms with E-state index < -0.39 is 6.43 Å². The smallest absolute Gasteiger partial charge is 0.235 e. The summed E-state index contributed by atoms with van der Waals surface area (Å²) in [5, 5.41) is 8.59. The van der Waals surface area contributed by atoms with Gasteiger partial charge in [-0.3, -0.25) is 0 Å². The minimum Gasteiger partial charge on any atom is -0.235 e. The first kappa shape index (κ1) is 10.3.